The average Bonchev–Trinajstić information content (AvgIpc) is 2.90. The van der Waals surface area contributed by atoms with Crippen molar-refractivity contribution in [1.82, 2.24) is 0 Å². The quantitative estimate of drug-likeness (QED) is 0.622. The molecule has 0 saturated heterocycles. The van der Waals surface area contributed by atoms with E-state index in [-0.39, 0.29) is 0 Å². The summed E-state index contributed by atoms with van der Waals surface area (Å²) in [5.74, 6) is 4.95. The van der Waals surface area contributed by atoms with Gasteiger partial charge in [0, 0.05) is 6.04 Å². The van der Waals surface area contributed by atoms with E-state index in [9.17, 15) is 0 Å². The minimum Gasteiger partial charge on any atom is -0.328 e. The van der Waals surface area contributed by atoms with Gasteiger partial charge in [-0.1, -0.05) is 52.9 Å². The maximum Gasteiger partial charge on any atom is 0.00389 e. The summed E-state index contributed by atoms with van der Waals surface area (Å²) in [7, 11) is 0. The van der Waals surface area contributed by atoms with E-state index >= 15 is 0 Å². The van der Waals surface area contributed by atoms with E-state index in [2.05, 4.69) is 20.8 Å². The number of hydrogen-bond acceptors (Lipinski definition) is 1. The van der Waals surface area contributed by atoms with E-state index in [0.717, 1.165) is 29.6 Å². The highest BCUT2D eigenvalue weighted by atomic mass is 14.6. The van der Waals surface area contributed by atoms with Gasteiger partial charge in [-0.2, -0.15) is 0 Å². The molecule has 3 aliphatic carbocycles. The summed E-state index contributed by atoms with van der Waals surface area (Å²) < 4.78 is 0. The molecule has 2 N–H and O–H groups in total. The molecule has 1 nitrogen and oxygen atoms in total. The van der Waals surface area contributed by atoms with Gasteiger partial charge in [0.2, 0.25) is 0 Å². The lowest BCUT2D eigenvalue weighted by atomic mass is 9.54. The Balaban J connectivity index is 1.76. The van der Waals surface area contributed by atoms with E-state index in [4.69, 9.17) is 5.73 Å². The van der Waals surface area contributed by atoms with Gasteiger partial charge >= 0.3 is 0 Å². The van der Waals surface area contributed by atoms with Gasteiger partial charge in [0.05, 0.1) is 0 Å². The van der Waals surface area contributed by atoms with Crippen LogP contribution in [0.2, 0.25) is 0 Å². The molecule has 0 bridgehead atoms. The molecule has 3 fully saturated rings. The van der Waals surface area contributed by atoms with Crippen LogP contribution in [0, 0.1) is 35.0 Å². The number of fused-ring (bicyclic) bond motifs is 3. The minimum atomic E-state index is 0.476. The van der Waals surface area contributed by atoms with Gasteiger partial charge in [0.15, 0.2) is 0 Å². The molecule has 7 unspecified atom stereocenters. The first-order valence-corrected chi connectivity index (χ1v) is 11.3. The van der Waals surface area contributed by atoms with E-state index in [1.54, 1.807) is 0 Å². The van der Waals surface area contributed by atoms with Crippen molar-refractivity contribution >= 4 is 0 Å². The third-order valence-corrected chi connectivity index (χ3v) is 8.68. The highest BCUT2D eigenvalue weighted by Crippen LogP contribution is 2.62. The molecule has 1 heteroatoms. The molecule has 0 aromatic carbocycles. The second-order valence-corrected chi connectivity index (χ2v) is 9.99. The first-order valence-electron chi connectivity index (χ1n) is 11.3. The summed E-state index contributed by atoms with van der Waals surface area (Å²) in [6.45, 7) is 7.62. The highest BCUT2D eigenvalue weighted by Gasteiger charge is 2.53. The molecule has 0 aliphatic heterocycles. The van der Waals surface area contributed by atoms with Crippen molar-refractivity contribution in [3.63, 3.8) is 0 Å². The lowest BCUT2D eigenvalue weighted by Crippen LogP contribution is -2.44. The van der Waals surface area contributed by atoms with Gasteiger partial charge in [0.1, 0.15) is 0 Å². The van der Waals surface area contributed by atoms with Crippen LogP contribution in [0.4, 0.5) is 0 Å². The Morgan fingerprint density at radius 3 is 2.50 bits per heavy atom. The van der Waals surface area contributed by atoms with Gasteiger partial charge in [-0.15, -0.1) is 0 Å². The van der Waals surface area contributed by atoms with Gasteiger partial charge in [-0.05, 0) is 86.4 Å². The molecule has 0 amide bonds. The smallest absolute Gasteiger partial charge is 0.00389 e. The first kappa shape index (κ1) is 18.7. The predicted octanol–water partition coefficient (Wildman–Crippen LogP) is 6.55. The highest BCUT2D eigenvalue weighted by molar-refractivity contribution is 5.03. The van der Waals surface area contributed by atoms with Crippen LogP contribution in [0.15, 0.2) is 0 Å². The molecule has 7 atom stereocenters. The first-order chi connectivity index (χ1) is 11.6. The van der Waals surface area contributed by atoms with Crippen molar-refractivity contribution in [3.8, 4) is 0 Å². The minimum absolute atomic E-state index is 0.476. The zero-order valence-electron chi connectivity index (χ0n) is 16.7. The van der Waals surface area contributed by atoms with Crippen LogP contribution >= 0.6 is 0 Å². The van der Waals surface area contributed by atoms with Gasteiger partial charge in [-0.3, -0.25) is 0 Å². The average molecular weight is 334 g/mol. The Bertz CT molecular complexity index is 391. The van der Waals surface area contributed by atoms with Gasteiger partial charge < -0.3 is 5.73 Å². The summed E-state index contributed by atoms with van der Waals surface area (Å²) in [5.41, 5.74) is 7.10. The molecule has 3 rings (SSSR count). The van der Waals surface area contributed by atoms with E-state index in [1.165, 1.54) is 83.5 Å². The predicted molar refractivity (Wildman–Crippen MR) is 105 cm³/mol. The molecule has 0 aromatic rings. The number of unbranched alkanes of at least 4 members (excludes halogenated alkanes) is 1. The van der Waals surface area contributed by atoms with E-state index in [1.807, 2.05) is 0 Å². The van der Waals surface area contributed by atoms with E-state index < -0.39 is 0 Å². The summed E-state index contributed by atoms with van der Waals surface area (Å²) in [6, 6.07) is 0.476. The van der Waals surface area contributed by atoms with Crippen molar-refractivity contribution in [2.24, 2.45) is 40.7 Å². The fourth-order valence-electron chi connectivity index (χ4n) is 7.11. The molecular weight excluding hydrogens is 290 g/mol. The van der Waals surface area contributed by atoms with Crippen molar-refractivity contribution < 1.29 is 0 Å². The standard InChI is InChI=1S/C23H43N/c1-4-5-9-18-11-14-22-21-13-12-19(24)10-7-6-8-17(2)20(21)15-16-23(18,22)3/h17-22H,4-16,24H2,1-3H3. The molecule has 3 aliphatic rings. The molecule has 0 spiro atoms. The SMILES string of the molecule is CCCCC1CCC2C3CCC(N)CCCCC(C)C3CCC12C. The van der Waals surface area contributed by atoms with E-state index in [0.29, 0.717) is 11.5 Å². The van der Waals surface area contributed by atoms with Crippen LogP contribution < -0.4 is 5.73 Å². The molecular formula is C23H43N. The Labute approximate surface area is 151 Å². The zero-order valence-corrected chi connectivity index (χ0v) is 16.7. The Morgan fingerprint density at radius 1 is 0.917 bits per heavy atom. The molecule has 0 heterocycles. The summed E-state index contributed by atoms with van der Waals surface area (Å²) in [5, 5.41) is 0. The Morgan fingerprint density at radius 2 is 1.71 bits per heavy atom. The maximum absolute atomic E-state index is 6.44. The topological polar surface area (TPSA) is 26.0 Å². The van der Waals surface area contributed by atoms with Crippen LogP contribution in [-0.2, 0) is 0 Å². The van der Waals surface area contributed by atoms with Crippen molar-refractivity contribution in [2.45, 2.75) is 110 Å². The lowest BCUT2D eigenvalue weighted by Gasteiger charge is -2.51. The summed E-state index contributed by atoms with van der Waals surface area (Å²) in [6.07, 6.45) is 18.6. The fourth-order valence-corrected chi connectivity index (χ4v) is 7.11. The lowest BCUT2D eigenvalue weighted by molar-refractivity contribution is -0.0172. The van der Waals surface area contributed by atoms with Gasteiger partial charge in [0.25, 0.3) is 0 Å². The molecule has 0 aromatic heterocycles. The third-order valence-electron chi connectivity index (χ3n) is 8.68. The molecule has 24 heavy (non-hydrogen) atoms. The Kier molecular flexibility index (Phi) is 6.33. The number of nitrogens with two attached hydrogens (primary N) is 1. The van der Waals surface area contributed by atoms with Crippen LogP contribution in [0.5, 0.6) is 0 Å². The van der Waals surface area contributed by atoms with Crippen molar-refractivity contribution in [1.29, 1.82) is 0 Å². The van der Waals surface area contributed by atoms with Crippen LogP contribution in [0.3, 0.4) is 0 Å². The second kappa shape index (κ2) is 8.11. The summed E-state index contributed by atoms with van der Waals surface area (Å²) >= 11 is 0. The maximum atomic E-state index is 6.44. The normalized spacial score (nSPS) is 47.0. The third kappa shape index (κ3) is 3.71. The second-order valence-electron chi connectivity index (χ2n) is 9.99. The van der Waals surface area contributed by atoms with Crippen LogP contribution in [-0.4, -0.2) is 6.04 Å². The molecule has 140 valence electrons. The Hall–Kier alpha value is -0.0400. The van der Waals surface area contributed by atoms with Crippen LogP contribution in [0.1, 0.15) is 104 Å². The van der Waals surface area contributed by atoms with Crippen molar-refractivity contribution in [3.05, 3.63) is 0 Å². The summed E-state index contributed by atoms with van der Waals surface area (Å²) in [4.78, 5) is 0. The molecule has 0 radical (unpaired) electrons. The molecule has 3 saturated carbocycles. The van der Waals surface area contributed by atoms with Crippen molar-refractivity contribution in [2.75, 3.05) is 0 Å². The van der Waals surface area contributed by atoms with Crippen LogP contribution in [0.25, 0.3) is 0 Å². The monoisotopic (exact) mass is 333 g/mol. The number of rotatable bonds is 3. The largest absolute Gasteiger partial charge is 0.328 e. The zero-order chi connectivity index (χ0) is 17.2. The fraction of sp³-hybridized carbons (Fsp3) is 1.00. The van der Waals surface area contributed by atoms with Gasteiger partial charge in [-0.25, -0.2) is 0 Å². The number of hydrogen-bond donors (Lipinski definition) is 1.